The fourth-order valence-electron chi connectivity index (χ4n) is 1.16. The van der Waals surface area contributed by atoms with E-state index in [2.05, 4.69) is 6.92 Å². The van der Waals surface area contributed by atoms with E-state index in [4.69, 9.17) is 18.4 Å². The van der Waals surface area contributed by atoms with E-state index in [0.717, 1.165) is 20.0 Å². The monoisotopic (exact) mass is 286 g/mol. The van der Waals surface area contributed by atoms with Crippen molar-refractivity contribution in [1.29, 1.82) is 0 Å². The second kappa shape index (κ2) is 25.7. The third-order valence-electron chi connectivity index (χ3n) is 2.06. The SMILES string of the molecule is CCCCCCCCF.CO.CO[SiH](OC)OC. The Morgan fingerprint density at radius 3 is 1.50 bits per heavy atom. The zero-order chi connectivity index (χ0) is 14.6. The summed E-state index contributed by atoms with van der Waals surface area (Å²) in [6.45, 7) is 2.06. The molecule has 0 aromatic carbocycles. The van der Waals surface area contributed by atoms with Gasteiger partial charge in [-0.1, -0.05) is 39.0 Å². The molecule has 18 heavy (non-hydrogen) atoms. The molecule has 0 aromatic heterocycles. The van der Waals surface area contributed by atoms with Gasteiger partial charge in [0.15, 0.2) is 0 Å². The van der Waals surface area contributed by atoms with Crippen LogP contribution in [0.25, 0.3) is 0 Å². The summed E-state index contributed by atoms with van der Waals surface area (Å²) in [6.07, 6.45) is 6.94. The molecule has 0 aliphatic rings. The van der Waals surface area contributed by atoms with Gasteiger partial charge in [-0.05, 0) is 6.42 Å². The molecule has 0 fully saturated rings. The molecule has 0 saturated heterocycles. The van der Waals surface area contributed by atoms with Crippen molar-refractivity contribution in [2.75, 3.05) is 35.1 Å². The first-order valence-electron chi connectivity index (χ1n) is 6.35. The molecule has 0 bridgehead atoms. The molecule has 0 aromatic rings. The molecule has 0 aliphatic heterocycles. The van der Waals surface area contributed by atoms with Crippen molar-refractivity contribution in [3.63, 3.8) is 0 Å². The highest BCUT2D eigenvalue weighted by atomic mass is 28.3. The Morgan fingerprint density at radius 2 is 1.22 bits per heavy atom. The zero-order valence-corrected chi connectivity index (χ0v) is 13.7. The topological polar surface area (TPSA) is 47.9 Å². The average molecular weight is 286 g/mol. The van der Waals surface area contributed by atoms with Crippen molar-refractivity contribution in [2.45, 2.75) is 45.4 Å². The van der Waals surface area contributed by atoms with Crippen LogP contribution < -0.4 is 0 Å². The van der Waals surface area contributed by atoms with Crippen LogP contribution in [0.15, 0.2) is 0 Å². The molecule has 4 nitrogen and oxygen atoms in total. The number of hydrogen-bond donors (Lipinski definition) is 1. The first-order valence-corrected chi connectivity index (χ1v) is 7.77. The summed E-state index contributed by atoms with van der Waals surface area (Å²) in [5.41, 5.74) is 0. The van der Waals surface area contributed by atoms with E-state index in [9.17, 15) is 4.39 Å². The van der Waals surface area contributed by atoms with Crippen LogP contribution in [0.2, 0.25) is 0 Å². The second-order valence-corrected chi connectivity index (χ2v) is 5.44. The lowest BCUT2D eigenvalue weighted by molar-refractivity contribution is 0.163. The molecule has 0 unspecified atom stereocenters. The van der Waals surface area contributed by atoms with Crippen LogP contribution in [-0.4, -0.2) is 49.7 Å². The zero-order valence-electron chi connectivity index (χ0n) is 12.6. The Morgan fingerprint density at radius 1 is 0.833 bits per heavy atom. The number of alkyl halides is 1. The average Bonchev–Trinajstić information content (AvgIpc) is 2.44. The number of unbranched alkanes of at least 4 members (excludes halogenated alkanes) is 5. The van der Waals surface area contributed by atoms with Gasteiger partial charge in [0.2, 0.25) is 0 Å². The van der Waals surface area contributed by atoms with Crippen molar-refractivity contribution in [3.05, 3.63) is 0 Å². The van der Waals surface area contributed by atoms with Gasteiger partial charge >= 0.3 is 9.53 Å². The standard InChI is InChI=1S/C8H17F.C3H10O3Si.CH4O/c1-2-3-4-5-6-7-8-9;1-4-7(5-2)6-3;1-2/h2-8H2,1H3;7H,1-3H3;2H,1H3. The number of halogens is 1. The molecule has 0 heterocycles. The third kappa shape index (κ3) is 25.0. The van der Waals surface area contributed by atoms with Crippen LogP contribution in [0.4, 0.5) is 4.39 Å². The lowest BCUT2D eigenvalue weighted by atomic mass is 10.1. The third-order valence-corrected chi connectivity index (χ3v) is 3.22. The Bertz CT molecular complexity index is 105. The molecule has 114 valence electrons. The van der Waals surface area contributed by atoms with Crippen LogP contribution in [0.3, 0.4) is 0 Å². The fourth-order valence-corrected chi connectivity index (χ4v) is 1.74. The summed E-state index contributed by atoms with van der Waals surface area (Å²) in [6, 6.07) is 0. The van der Waals surface area contributed by atoms with E-state index in [1.807, 2.05) is 0 Å². The second-order valence-electron chi connectivity index (χ2n) is 3.45. The van der Waals surface area contributed by atoms with Gasteiger partial charge in [-0.2, -0.15) is 0 Å². The van der Waals surface area contributed by atoms with E-state index in [1.54, 1.807) is 21.3 Å². The number of rotatable bonds is 9. The molecule has 0 spiro atoms. The van der Waals surface area contributed by atoms with Crippen molar-refractivity contribution in [1.82, 2.24) is 0 Å². The quantitative estimate of drug-likeness (QED) is 0.523. The molecular formula is C12H31FO4Si. The van der Waals surface area contributed by atoms with Crippen molar-refractivity contribution in [2.24, 2.45) is 0 Å². The van der Waals surface area contributed by atoms with Crippen LogP contribution in [0.5, 0.6) is 0 Å². The smallest absolute Gasteiger partial charge is 0.400 e. The van der Waals surface area contributed by atoms with Crippen LogP contribution in [-0.2, 0) is 13.3 Å². The van der Waals surface area contributed by atoms with Gasteiger partial charge in [-0.15, -0.1) is 0 Å². The van der Waals surface area contributed by atoms with Crippen LogP contribution >= 0.6 is 0 Å². The molecule has 0 aliphatic carbocycles. The lowest BCUT2D eigenvalue weighted by Gasteiger charge is -2.05. The Hall–Kier alpha value is -0.0131. The van der Waals surface area contributed by atoms with Crippen molar-refractivity contribution < 1.29 is 22.8 Å². The highest BCUT2D eigenvalue weighted by Gasteiger charge is 2.04. The van der Waals surface area contributed by atoms with E-state index < -0.39 is 9.53 Å². The van der Waals surface area contributed by atoms with Crippen LogP contribution in [0, 0.1) is 0 Å². The Balaban J connectivity index is -0.000000225. The molecule has 1 N–H and O–H groups in total. The van der Waals surface area contributed by atoms with E-state index in [1.165, 1.54) is 25.7 Å². The molecule has 0 radical (unpaired) electrons. The molecule has 0 saturated carbocycles. The molecular weight excluding hydrogens is 255 g/mol. The molecule has 6 heteroatoms. The summed E-state index contributed by atoms with van der Waals surface area (Å²) >= 11 is 0. The summed E-state index contributed by atoms with van der Waals surface area (Å²) in [4.78, 5) is 0. The van der Waals surface area contributed by atoms with Gasteiger partial charge in [-0.3, -0.25) is 4.39 Å². The maximum absolute atomic E-state index is 11.5. The maximum atomic E-state index is 11.5. The van der Waals surface area contributed by atoms with E-state index in [0.29, 0.717) is 0 Å². The first kappa shape index (κ1) is 23.1. The first-order chi connectivity index (χ1) is 8.76. The summed E-state index contributed by atoms with van der Waals surface area (Å²) in [5, 5.41) is 7.00. The number of aliphatic hydroxyl groups is 1. The van der Waals surface area contributed by atoms with E-state index >= 15 is 0 Å². The lowest BCUT2D eigenvalue weighted by Crippen LogP contribution is -2.21. The number of hydrogen-bond acceptors (Lipinski definition) is 4. The largest absolute Gasteiger partial charge is 0.483 e. The maximum Gasteiger partial charge on any atom is 0.483 e. The summed E-state index contributed by atoms with van der Waals surface area (Å²) < 4.78 is 25.7. The van der Waals surface area contributed by atoms with Crippen LogP contribution in [0.1, 0.15) is 45.4 Å². The molecule has 0 amide bonds. The van der Waals surface area contributed by atoms with Gasteiger partial charge < -0.3 is 18.4 Å². The molecule has 0 atom stereocenters. The minimum Gasteiger partial charge on any atom is -0.400 e. The predicted octanol–water partition coefficient (Wildman–Crippen LogP) is 2.57. The van der Waals surface area contributed by atoms with Gasteiger partial charge in [0.25, 0.3) is 0 Å². The van der Waals surface area contributed by atoms with Gasteiger partial charge in [0.1, 0.15) is 0 Å². The summed E-state index contributed by atoms with van der Waals surface area (Å²) in [7, 11) is 4.05. The highest BCUT2D eigenvalue weighted by Crippen LogP contribution is 2.04. The Kier molecular flexibility index (Phi) is 33.0. The highest BCUT2D eigenvalue weighted by molar-refractivity contribution is 6.36. The predicted molar refractivity (Wildman–Crippen MR) is 75.7 cm³/mol. The number of aliphatic hydroxyl groups excluding tert-OH is 1. The van der Waals surface area contributed by atoms with Gasteiger partial charge in [0.05, 0.1) is 6.67 Å². The minimum absolute atomic E-state index is 0.133. The Labute approximate surface area is 113 Å². The van der Waals surface area contributed by atoms with E-state index in [-0.39, 0.29) is 6.67 Å². The molecule has 0 rings (SSSR count). The fraction of sp³-hybridized carbons (Fsp3) is 1.00. The summed E-state index contributed by atoms with van der Waals surface area (Å²) in [5.74, 6) is 0. The van der Waals surface area contributed by atoms with Crippen molar-refractivity contribution >= 4 is 9.53 Å². The minimum atomic E-state index is -1.67. The van der Waals surface area contributed by atoms with Crippen molar-refractivity contribution in [3.8, 4) is 0 Å². The normalized spacial score (nSPS) is 9.33. The van der Waals surface area contributed by atoms with Gasteiger partial charge in [-0.25, -0.2) is 0 Å². The van der Waals surface area contributed by atoms with Gasteiger partial charge in [0, 0.05) is 28.4 Å².